The number of carbonyl (C=O) groups excluding carboxylic acids is 2. The molecule has 0 aliphatic carbocycles. The van der Waals surface area contributed by atoms with Crippen molar-refractivity contribution in [1.29, 1.82) is 0 Å². The summed E-state index contributed by atoms with van der Waals surface area (Å²) in [7, 11) is -2.43. The fourth-order valence-corrected chi connectivity index (χ4v) is 5.05. The predicted molar refractivity (Wildman–Crippen MR) is 153 cm³/mol. The quantitative estimate of drug-likeness (QED) is 0.233. The van der Waals surface area contributed by atoms with Gasteiger partial charge < -0.3 is 14.8 Å². The lowest BCUT2D eigenvalue weighted by atomic mass is 10.1. The standard InChI is InChI=1S/C30H32N4O6S/c1-22-7-12-27(13-8-22)41(37,38)33-29(35)14-11-24-10-9-23(21-34-17-4-15-32-34)19-28(24)40-18-16-31-30(36)25-5-3-6-26(20-25)39-2/h3-10,12-13,15,17,19-20H,11,14,16,18,21H2,1-2H3,(H,31,36)(H,33,35). The second-order valence-electron chi connectivity index (χ2n) is 9.32. The molecule has 2 amide bonds. The molecule has 4 aromatic rings. The summed E-state index contributed by atoms with van der Waals surface area (Å²) in [5, 5.41) is 7.05. The number of aromatic nitrogens is 2. The van der Waals surface area contributed by atoms with Gasteiger partial charge in [-0.3, -0.25) is 14.3 Å². The minimum absolute atomic E-state index is 0.0273. The number of ether oxygens (including phenoxy) is 2. The van der Waals surface area contributed by atoms with Crippen molar-refractivity contribution >= 4 is 21.8 Å². The first-order valence-electron chi connectivity index (χ1n) is 13.0. The highest BCUT2D eigenvalue weighted by atomic mass is 32.2. The zero-order chi connectivity index (χ0) is 29.2. The second kappa shape index (κ2) is 13.6. The van der Waals surface area contributed by atoms with Crippen molar-refractivity contribution in [1.82, 2.24) is 19.8 Å². The Balaban J connectivity index is 1.39. The topological polar surface area (TPSA) is 129 Å². The maximum atomic E-state index is 12.6. The molecule has 0 spiro atoms. The van der Waals surface area contributed by atoms with Gasteiger partial charge in [-0.2, -0.15) is 5.10 Å². The molecule has 0 saturated heterocycles. The van der Waals surface area contributed by atoms with E-state index >= 15 is 0 Å². The Morgan fingerprint density at radius 3 is 2.54 bits per heavy atom. The maximum absolute atomic E-state index is 12.6. The van der Waals surface area contributed by atoms with Gasteiger partial charge in [0.1, 0.15) is 18.1 Å². The van der Waals surface area contributed by atoms with Crippen molar-refractivity contribution < 1.29 is 27.5 Å². The van der Waals surface area contributed by atoms with Crippen molar-refractivity contribution in [3.63, 3.8) is 0 Å². The molecule has 0 atom stereocenters. The van der Waals surface area contributed by atoms with Crippen LogP contribution in [0, 0.1) is 6.92 Å². The molecule has 0 saturated carbocycles. The van der Waals surface area contributed by atoms with E-state index in [1.807, 2.05) is 37.4 Å². The lowest BCUT2D eigenvalue weighted by molar-refractivity contribution is -0.119. The van der Waals surface area contributed by atoms with Crippen LogP contribution in [0.1, 0.15) is 33.5 Å². The molecule has 0 bridgehead atoms. The smallest absolute Gasteiger partial charge is 0.264 e. The number of nitrogens with zero attached hydrogens (tertiary/aromatic N) is 2. The molecule has 214 valence electrons. The number of aryl methyl sites for hydroxylation is 2. The number of sulfonamides is 1. The lowest BCUT2D eigenvalue weighted by Gasteiger charge is -2.14. The van der Waals surface area contributed by atoms with Crippen LogP contribution in [0.3, 0.4) is 0 Å². The first-order valence-corrected chi connectivity index (χ1v) is 14.5. The molecule has 1 aromatic heterocycles. The van der Waals surface area contributed by atoms with Gasteiger partial charge in [0.15, 0.2) is 0 Å². The van der Waals surface area contributed by atoms with Crippen molar-refractivity contribution in [2.45, 2.75) is 31.2 Å². The molecule has 0 fully saturated rings. The van der Waals surface area contributed by atoms with Crippen LogP contribution in [0.5, 0.6) is 11.5 Å². The minimum Gasteiger partial charge on any atom is -0.497 e. The first-order chi connectivity index (χ1) is 19.7. The number of amides is 2. The van der Waals surface area contributed by atoms with E-state index in [1.54, 1.807) is 47.3 Å². The van der Waals surface area contributed by atoms with Crippen molar-refractivity contribution in [3.05, 3.63) is 107 Å². The van der Waals surface area contributed by atoms with Crippen LogP contribution in [-0.4, -0.2) is 50.3 Å². The van der Waals surface area contributed by atoms with E-state index in [9.17, 15) is 18.0 Å². The summed E-state index contributed by atoms with van der Waals surface area (Å²) >= 11 is 0. The summed E-state index contributed by atoms with van der Waals surface area (Å²) in [6.45, 7) is 2.80. The molecule has 41 heavy (non-hydrogen) atoms. The molecular weight excluding hydrogens is 544 g/mol. The fraction of sp³-hybridized carbons (Fsp3) is 0.233. The van der Waals surface area contributed by atoms with Crippen molar-refractivity contribution in [3.8, 4) is 11.5 Å². The minimum atomic E-state index is -3.97. The molecule has 2 N–H and O–H groups in total. The molecule has 0 aliphatic heterocycles. The van der Waals surface area contributed by atoms with Crippen LogP contribution >= 0.6 is 0 Å². The Bertz CT molecular complexity index is 1590. The highest BCUT2D eigenvalue weighted by molar-refractivity contribution is 7.90. The molecule has 10 nitrogen and oxygen atoms in total. The van der Waals surface area contributed by atoms with Crippen LogP contribution in [0.15, 0.2) is 90.1 Å². The van der Waals surface area contributed by atoms with Crippen molar-refractivity contribution in [2.24, 2.45) is 0 Å². The normalized spacial score (nSPS) is 11.1. The van der Waals surface area contributed by atoms with Crippen molar-refractivity contribution in [2.75, 3.05) is 20.3 Å². The Kier molecular flexibility index (Phi) is 9.75. The molecule has 3 aromatic carbocycles. The molecule has 1 heterocycles. The van der Waals surface area contributed by atoms with Gasteiger partial charge in [-0.25, -0.2) is 13.1 Å². The number of hydrogen-bond donors (Lipinski definition) is 2. The molecular formula is C30H32N4O6S. The highest BCUT2D eigenvalue weighted by Gasteiger charge is 2.18. The monoisotopic (exact) mass is 576 g/mol. The number of nitrogens with one attached hydrogen (secondary N) is 2. The van der Waals surface area contributed by atoms with Gasteiger partial charge in [0.05, 0.1) is 25.1 Å². The Morgan fingerprint density at radius 2 is 1.80 bits per heavy atom. The Hall–Kier alpha value is -4.64. The van der Waals surface area contributed by atoms with Gasteiger partial charge in [0.2, 0.25) is 5.91 Å². The molecule has 11 heteroatoms. The Labute approximate surface area is 239 Å². The zero-order valence-corrected chi connectivity index (χ0v) is 23.7. The van der Waals surface area contributed by atoms with Gasteiger partial charge >= 0.3 is 0 Å². The largest absolute Gasteiger partial charge is 0.497 e. The summed E-state index contributed by atoms with van der Waals surface area (Å²) < 4.78 is 40.3. The molecule has 4 rings (SSSR count). The predicted octanol–water partition coefficient (Wildman–Crippen LogP) is 3.49. The van der Waals surface area contributed by atoms with Gasteiger partial charge in [-0.15, -0.1) is 0 Å². The zero-order valence-electron chi connectivity index (χ0n) is 22.9. The summed E-state index contributed by atoms with van der Waals surface area (Å²) in [4.78, 5) is 25.1. The average Bonchev–Trinajstić information content (AvgIpc) is 3.48. The van der Waals surface area contributed by atoms with Crippen LogP contribution in [0.2, 0.25) is 0 Å². The van der Waals surface area contributed by atoms with Gasteiger partial charge in [0.25, 0.3) is 15.9 Å². The number of hydrogen-bond acceptors (Lipinski definition) is 7. The van der Waals surface area contributed by atoms with E-state index in [1.165, 1.54) is 19.2 Å². The van der Waals surface area contributed by atoms with E-state index in [4.69, 9.17) is 9.47 Å². The van der Waals surface area contributed by atoms with Crippen LogP contribution in [-0.2, 0) is 27.8 Å². The summed E-state index contributed by atoms with van der Waals surface area (Å²) in [5.41, 5.74) is 3.05. The summed E-state index contributed by atoms with van der Waals surface area (Å²) in [6, 6.07) is 20.6. The van der Waals surface area contributed by atoms with E-state index in [-0.39, 0.29) is 36.8 Å². The van der Waals surface area contributed by atoms with E-state index in [0.29, 0.717) is 23.6 Å². The van der Waals surface area contributed by atoms with E-state index in [0.717, 1.165) is 16.7 Å². The Morgan fingerprint density at radius 1 is 1.00 bits per heavy atom. The maximum Gasteiger partial charge on any atom is 0.264 e. The van der Waals surface area contributed by atoms with Gasteiger partial charge in [0, 0.05) is 24.4 Å². The fourth-order valence-electron chi connectivity index (χ4n) is 4.04. The van der Waals surface area contributed by atoms with Gasteiger partial charge in [-0.1, -0.05) is 35.9 Å². The van der Waals surface area contributed by atoms with Crippen LogP contribution < -0.4 is 19.5 Å². The van der Waals surface area contributed by atoms with Crippen LogP contribution in [0.4, 0.5) is 0 Å². The number of benzene rings is 3. The number of rotatable bonds is 13. The number of carbonyl (C=O) groups is 2. The average molecular weight is 577 g/mol. The molecule has 0 aliphatic rings. The third-order valence-electron chi connectivity index (χ3n) is 6.21. The second-order valence-corrected chi connectivity index (χ2v) is 11.0. The number of methoxy groups -OCH3 is 1. The summed E-state index contributed by atoms with van der Waals surface area (Å²) in [6.07, 6.45) is 3.73. The highest BCUT2D eigenvalue weighted by Crippen LogP contribution is 2.23. The third-order valence-corrected chi connectivity index (χ3v) is 7.60. The SMILES string of the molecule is COc1cccc(C(=O)NCCOc2cc(Cn3cccn3)ccc2CCC(=O)NS(=O)(=O)c2ccc(C)cc2)c1. The van der Waals surface area contributed by atoms with Crippen LogP contribution in [0.25, 0.3) is 0 Å². The van der Waals surface area contributed by atoms with E-state index in [2.05, 4.69) is 15.1 Å². The third kappa shape index (κ3) is 8.42. The lowest BCUT2D eigenvalue weighted by Crippen LogP contribution is -2.30. The molecule has 0 radical (unpaired) electrons. The van der Waals surface area contributed by atoms with Gasteiger partial charge in [-0.05, 0) is 66.9 Å². The summed E-state index contributed by atoms with van der Waals surface area (Å²) in [5.74, 6) is 0.247. The van der Waals surface area contributed by atoms with E-state index < -0.39 is 15.9 Å². The molecule has 0 unspecified atom stereocenters. The first kappa shape index (κ1) is 29.3.